The van der Waals surface area contributed by atoms with Gasteiger partial charge in [0, 0.05) is 24.7 Å². The van der Waals surface area contributed by atoms with Crippen molar-refractivity contribution in [2.75, 3.05) is 13.7 Å². The summed E-state index contributed by atoms with van der Waals surface area (Å²) in [6.45, 7) is 3.48. The molecule has 23 heavy (non-hydrogen) atoms. The number of rotatable bonds is 4. The maximum atomic E-state index is 13.1. The number of hydrogen-bond acceptors (Lipinski definition) is 3. The molecule has 126 valence electrons. The van der Waals surface area contributed by atoms with Gasteiger partial charge in [0.1, 0.15) is 0 Å². The molecule has 0 radical (unpaired) electrons. The zero-order valence-corrected chi connectivity index (χ0v) is 14.9. The predicted molar refractivity (Wildman–Crippen MR) is 90.1 cm³/mol. The minimum atomic E-state index is -0.133. The van der Waals surface area contributed by atoms with E-state index in [1.54, 1.807) is 18.4 Å². The normalized spacial score (nSPS) is 35.9. The number of aromatic nitrogens is 1. The Morgan fingerprint density at radius 3 is 2.48 bits per heavy atom. The van der Waals surface area contributed by atoms with Crippen molar-refractivity contribution >= 4 is 17.2 Å². The molecule has 0 aromatic carbocycles. The number of aryl methyl sites for hydroxylation is 1. The van der Waals surface area contributed by atoms with Crippen LogP contribution in [0.4, 0.5) is 0 Å². The number of carbonyl (C=O) groups is 1. The summed E-state index contributed by atoms with van der Waals surface area (Å²) in [4.78, 5) is 18.6. The van der Waals surface area contributed by atoms with Gasteiger partial charge in [-0.2, -0.15) is 4.99 Å². The van der Waals surface area contributed by atoms with Crippen molar-refractivity contribution in [1.29, 1.82) is 0 Å². The number of amides is 1. The fourth-order valence-electron chi connectivity index (χ4n) is 5.54. The van der Waals surface area contributed by atoms with Gasteiger partial charge in [0.25, 0.3) is 5.91 Å². The molecule has 1 aromatic rings. The molecule has 0 spiro atoms. The van der Waals surface area contributed by atoms with Gasteiger partial charge in [0.05, 0.1) is 12.0 Å². The van der Waals surface area contributed by atoms with Crippen molar-refractivity contribution in [2.24, 2.45) is 28.2 Å². The minimum absolute atomic E-state index is 0.133. The first-order valence-corrected chi connectivity index (χ1v) is 9.70. The molecule has 1 aromatic heterocycles. The number of carbonyl (C=O) groups excluding carboxylic acids is 1. The summed E-state index contributed by atoms with van der Waals surface area (Å²) in [5.74, 6) is 2.51. The van der Waals surface area contributed by atoms with E-state index in [1.165, 1.54) is 19.3 Å². The Kier molecular flexibility index (Phi) is 3.96. The first-order valence-electron chi connectivity index (χ1n) is 8.83. The first kappa shape index (κ1) is 15.6. The molecule has 4 saturated carbocycles. The molecule has 0 aliphatic heterocycles. The monoisotopic (exact) mass is 334 g/mol. The minimum Gasteiger partial charge on any atom is -0.383 e. The highest BCUT2D eigenvalue weighted by Crippen LogP contribution is 2.60. The number of hydrogen-bond donors (Lipinski definition) is 0. The molecule has 0 atom stereocenters. The molecular weight excluding hydrogens is 308 g/mol. The van der Waals surface area contributed by atoms with Crippen LogP contribution in [0.1, 0.15) is 44.2 Å². The molecule has 1 amide bonds. The van der Waals surface area contributed by atoms with Crippen molar-refractivity contribution in [1.82, 2.24) is 4.57 Å². The van der Waals surface area contributed by atoms with Crippen LogP contribution in [0.25, 0.3) is 0 Å². The van der Waals surface area contributed by atoms with Gasteiger partial charge in [-0.3, -0.25) is 4.79 Å². The van der Waals surface area contributed by atoms with E-state index in [0.29, 0.717) is 6.61 Å². The van der Waals surface area contributed by atoms with E-state index in [2.05, 4.69) is 21.9 Å². The largest absolute Gasteiger partial charge is 0.383 e. The zero-order chi connectivity index (χ0) is 16.0. The average molecular weight is 334 g/mol. The van der Waals surface area contributed by atoms with Gasteiger partial charge in [0.2, 0.25) is 0 Å². The molecule has 4 bridgehead atoms. The number of ether oxygens (including phenoxy) is 1. The first-order chi connectivity index (χ1) is 11.1. The van der Waals surface area contributed by atoms with Crippen molar-refractivity contribution in [3.05, 3.63) is 15.9 Å². The Balaban J connectivity index is 1.63. The summed E-state index contributed by atoms with van der Waals surface area (Å²) in [6.07, 6.45) is 7.34. The van der Waals surface area contributed by atoms with Crippen LogP contribution in [0.15, 0.2) is 10.4 Å². The van der Waals surface area contributed by atoms with E-state index in [9.17, 15) is 4.79 Å². The van der Waals surface area contributed by atoms with Crippen LogP contribution in [0.2, 0.25) is 0 Å². The average Bonchev–Trinajstić information content (AvgIpc) is 2.84. The highest BCUT2D eigenvalue weighted by Gasteiger charge is 2.54. The van der Waals surface area contributed by atoms with Gasteiger partial charge >= 0.3 is 0 Å². The van der Waals surface area contributed by atoms with Gasteiger partial charge < -0.3 is 9.30 Å². The van der Waals surface area contributed by atoms with Crippen molar-refractivity contribution < 1.29 is 9.53 Å². The number of nitrogens with zero attached hydrogens (tertiary/aromatic N) is 2. The highest BCUT2D eigenvalue weighted by molar-refractivity contribution is 7.07. The zero-order valence-electron chi connectivity index (χ0n) is 14.1. The topological polar surface area (TPSA) is 43.6 Å². The van der Waals surface area contributed by atoms with E-state index in [4.69, 9.17) is 4.74 Å². The van der Waals surface area contributed by atoms with Gasteiger partial charge in [0.15, 0.2) is 4.80 Å². The van der Waals surface area contributed by atoms with E-state index in [0.717, 1.165) is 54.1 Å². The smallest absolute Gasteiger partial charge is 0.254 e. The Labute approximate surface area is 141 Å². The molecule has 4 nitrogen and oxygen atoms in total. The summed E-state index contributed by atoms with van der Waals surface area (Å²) in [5.41, 5.74) is 1.02. The lowest BCUT2D eigenvalue weighted by Gasteiger charge is -2.55. The predicted octanol–water partition coefficient (Wildman–Crippen LogP) is 3.15. The van der Waals surface area contributed by atoms with E-state index < -0.39 is 0 Å². The second-order valence-corrected chi connectivity index (χ2v) is 8.76. The second-order valence-electron chi connectivity index (χ2n) is 7.92. The van der Waals surface area contributed by atoms with Crippen molar-refractivity contribution in [3.8, 4) is 0 Å². The van der Waals surface area contributed by atoms with Gasteiger partial charge in [-0.05, 0) is 63.2 Å². The van der Waals surface area contributed by atoms with Gasteiger partial charge in [-0.1, -0.05) is 0 Å². The molecule has 4 aliphatic carbocycles. The van der Waals surface area contributed by atoms with Crippen molar-refractivity contribution in [3.63, 3.8) is 0 Å². The van der Waals surface area contributed by atoms with E-state index in [-0.39, 0.29) is 11.3 Å². The lowest BCUT2D eigenvalue weighted by Crippen LogP contribution is -2.50. The number of methoxy groups -OCH3 is 1. The van der Waals surface area contributed by atoms with E-state index >= 15 is 0 Å². The van der Waals surface area contributed by atoms with Crippen LogP contribution >= 0.6 is 11.3 Å². The maximum absolute atomic E-state index is 13.1. The fraction of sp³-hybridized carbons (Fsp3) is 0.778. The summed E-state index contributed by atoms with van der Waals surface area (Å²) >= 11 is 1.58. The fourth-order valence-corrected chi connectivity index (χ4v) is 6.44. The Morgan fingerprint density at radius 1 is 1.30 bits per heavy atom. The van der Waals surface area contributed by atoms with Gasteiger partial charge in [-0.25, -0.2) is 0 Å². The summed E-state index contributed by atoms with van der Waals surface area (Å²) < 4.78 is 7.31. The summed E-state index contributed by atoms with van der Waals surface area (Å²) in [7, 11) is 1.71. The Bertz CT molecular complexity index is 638. The van der Waals surface area contributed by atoms with Crippen LogP contribution in [0.5, 0.6) is 0 Å². The van der Waals surface area contributed by atoms with Crippen LogP contribution in [-0.4, -0.2) is 24.2 Å². The van der Waals surface area contributed by atoms with Crippen LogP contribution in [0.3, 0.4) is 0 Å². The lowest BCUT2D eigenvalue weighted by molar-refractivity contribution is -0.142. The standard InChI is InChI=1S/C18H26N2O2S/c1-12-11-23-17(20(12)3-4-22-2)19-16(21)18-8-13-5-14(9-18)7-15(6-13)10-18/h11,13-15H,3-10H2,1-2H3. The molecule has 0 saturated heterocycles. The van der Waals surface area contributed by atoms with Crippen LogP contribution < -0.4 is 4.80 Å². The lowest BCUT2D eigenvalue weighted by atomic mass is 9.49. The Morgan fingerprint density at radius 2 is 1.91 bits per heavy atom. The van der Waals surface area contributed by atoms with E-state index in [1.807, 2.05) is 0 Å². The molecule has 4 aliphatic rings. The molecule has 0 unspecified atom stereocenters. The molecule has 5 rings (SSSR count). The Hall–Kier alpha value is -0.940. The van der Waals surface area contributed by atoms with Crippen molar-refractivity contribution in [2.45, 2.75) is 52.0 Å². The molecular formula is C18H26N2O2S. The molecule has 5 heteroatoms. The van der Waals surface area contributed by atoms with Crippen LogP contribution in [-0.2, 0) is 16.1 Å². The third-order valence-corrected chi connectivity index (χ3v) is 7.18. The second kappa shape index (κ2) is 5.85. The SMILES string of the molecule is COCCn1c(C)csc1=NC(=O)C12CC3CC(CC(C3)C1)C2. The molecule has 4 fully saturated rings. The maximum Gasteiger partial charge on any atom is 0.254 e. The third-order valence-electron chi connectivity index (χ3n) is 6.20. The highest BCUT2D eigenvalue weighted by atomic mass is 32.1. The molecule has 0 N–H and O–H groups in total. The quantitative estimate of drug-likeness (QED) is 0.849. The molecule has 1 heterocycles. The summed E-state index contributed by atoms with van der Waals surface area (Å²) in [5, 5.41) is 2.08. The summed E-state index contributed by atoms with van der Waals surface area (Å²) in [6, 6.07) is 0. The number of thiazole rings is 1. The van der Waals surface area contributed by atoms with Gasteiger partial charge in [-0.15, -0.1) is 11.3 Å². The third kappa shape index (κ3) is 2.72. The van der Waals surface area contributed by atoms with Crippen LogP contribution in [0, 0.1) is 30.1 Å².